The van der Waals surface area contributed by atoms with Crippen LogP contribution in [0.1, 0.15) is 28.7 Å². The summed E-state index contributed by atoms with van der Waals surface area (Å²) in [6, 6.07) is 1.72. The van der Waals surface area contributed by atoms with E-state index in [9.17, 15) is 9.59 Å². The maximum absolute atomic E-state index is 12.7. The van der Waals surface area contributed by atoms with Crippen molar-refractivity contribution in [1.82, 2.24) is 29.3 Å². The van der Waals surface area contributed by atoms with Crippen LogP contribution in [0.5, 0.6) is 0 Å². The number of carbonyl (C=O) groups excluding carboxylic acids is 1. The van der Waals surface area contributed by atoms with Crippen molar-refractivity contribution >= 4 is 23.2 Å². The number of nitrogens with zero attached hydrogens (tertiary/aromatic N) is 5. The van der Waals surface area contributed by atoms with Crippen LogP contribution in [0, 0.1) is 0 Å². The molecule has 4 heterocycles. The largest absolute Gasteiger partial charge is 0.331 e. The topological polar surface area (TPSA) is 88.3 Å². The molecule has 0 saturated heterocycles. The molecular weight excluding hydrogens is 332 g/mol. The van der Waals surface area contributed by atoms with Crippen molar-refractivity contribution in [2.24, 2.45) is 0 Å². The third-order valence-electron chi connectivity index (χ3n) is 4.23. The third kappa shape index (κ3) is 2.22. The van der Waals surface area contributed by atoms with E-state index in [0.29, 0.717) is 41.4 Å². The van der Waals surface area contributed by atoms with Gasteiger partial charge in [0, 0.05) is 37.1 Å². The summed E-state index contributed by atoms with van der Waals surface area (Å²) in [5.74, 6) is -0.242. The number of halogens is 1. The van der Waals surface area contributed by atoms with Crippen LogP contribution in [0.3, 0.4) is 0 Å². The summed E-state index contributed by atoms with van der Waals surface area (Å²) in [5.41, 5.74) is 1.94. The molecule has 24 heavy (non-hydrogen) atoms. The summed E-state index contributed by atoms with van der Waals surface area (Å²) in [5, 5.41) is 7.40. The highest BCUT2D eigenvalue weighted by Gasteiger charge is 2.28. The Hall–Kier alpha value is -2.61. The lowest BCUT2D eigenvalue weighted by molar-refractivity contribution is 0.0724. The normalized spacial score (nSPS) is 14.2. The van der Waals surface area contributed by atoms with Crippen LogP contribution in [-0.2, 0) is 19.5 Å². The van der Waals surface area contributed by atoms with E-state index in [0.717, 1.165) is 0 Å². The van der Waals surface area contributed by atoms with Crippen molar-refractivity contribution < 1.29 is 4.79 Å². The zero-order valence-electron chi connectivity index (χ0n) is 13.0. The summed E-state index contributed by atoms with van der Waals surface area (Å²) in [7, 11) is 0. The minimum Gasteiger partial charge on any atom is -0.331 e. The Morgan fingerprint density at radius 2 is 2.29 bits per heavy atom. The summed E-state index contributed by atoms with van der Waals surface area (Å²) in [6.07, 6.45) is 3.76. The van der Waals surface area contributed by atoms with Crippen molar-refractivity contribution in [3.63, 3.8) is 0 Å². The molecule has 0 spiro atoms. The molecule has 0 fully saturated rings. The number of fused-ring (bicyclic) bond motifs is 2. The van der Waals surface area contributed by atoms with Gasteiger partial charge < -0.3 is 4.90 Å². The van der Waals surface area contributed by atoms with Gasteiger partial charge in [-0.15, -0.1) is 0 Å². The van der Waals surface area contributed by atoms with Crippen molar-refractivity contribution in [3.8, 4) is 0 Å². The van der Waals surface area contributed by atoms with Crippen molar-refractivity contribution in [3.05, 3.63) is 50.8 Å². The Kier molecular flexibility index (Phi) is 3.42. The molecule has 124 valence electrons. The van der Waals surface area contributed by atoms with Gasteiger partial charge in [-0.2, -0.15) is 5.10 Å². The van der Waals surface area contributed by atoms with Gasteiger partial charge in [0.2, 0.25) is 0 Å². The van der Waals surface area contributed by atoms with Crippen molar-refractivity contribution in [2.45, 2.75) is 26.4 Å². The van der Waals surface area contributed by atoms with Gasteiger partial charge in [0.25, 0.3) is 11.5 Å². The van der Waals surface area contributed by atoms with E-state index in [1.54, 1.807) is 28.0 Å². The molecule has 0 aliphatic carbocycles. The number of hydrogen-bond acceptors (Lipinski definition) is 4. The lowest BCUT2D eigenvalue weighted by Crippen LogP contribution is -2.40. The van der Waals surface area contributed by atoms with Crippen LogP contribution in [0.25, 0.3) is 5.65 Å². The van der Waals surface area contributed by atoms with Crippen LogP contribution in [-0.4, -0.2) is 41.7 Å². The quantitative estimate of drug-likeness (QED) is 0.752. The number of aryl methyl sites for hydroxylation is 1. The number of rotatable bonds is 2. The van der Waals surface area contributed by atoms with Gasteiger partial charge in [-0.05, 0) is 13.3 Å². The minimum atomic E-state index is -0.242. The van der Waals surface area contributed by atoms with E-state index in [1.165, 1.54) is 4.52 Å². The molecule has 3 aromatic heterocycles. The van der Waals surface area contributed by atoms with Gasteiger partial charge in [-0.3, -0.25) is 19.4 Å². The van der Waals surface area contributed by atoms with Crippen LogP contribution in [0.4, 0.5) is 0 Å². The van der Waals surface area contributed by atoms with Crippen LogP contribution < -0.4 is 5.56 Å². The highest BCUT2D eigenvalue weighted by atomic mass is 35.5. The smallest absolute Gasteiger partial charge is 0.276 e. The fourth-order valence-electron chi connectivity index (χ4n) is 2.96. The second-order valence-electron chi connectivity index (χ2n) is 5.66. The first-order valence-corrected chi connectivity index (χ1v) is 8.06. The molecule has 0 atom stereocenters. The fourth-order valence-corrected chi connectivity index (χ4v) is 3.19. The third-order valence-corrected chi connectivity index (χ3v) is 4.50. The van der Waals surface area contributed by atoms with E-state index in [-0.39, 0.29) is 23.7 Å². The van der Waals surface area contributed by atoms with Crippen molar-refractivity contribution in [2.75, 3.05) is 6.54 Å². The molecule has 1 N–H and O–H groups in total. The SMILES string of the molecule is CCn1cc(Cl)c(C(=O)N2CCc3c(nc4cc[nH]n4c3=O)C2)n1. The maximum Gasteiger partial charge on any atom is 0.276 e. The Labute approximate surface area is 141 Å². The first kappa shape index (κ1) is 14.9. The summed E-state index contributed by atoms with van der Waals surface area (Å²) in [6.45, 7) is 3.28. The number of amides is 1. The van der Waals surface area contributed by atoms with E-state index >= 15 is 0 Å². The first-order chi connectivity index (χ1) is 11.6. The summed E-state index contributed by atoms with van der Waals surface area (Å²) >= 11 is 6.12. The van der Waals surface area contributed by atoms with E-state index in [4.69, 9.17) is 11.6 Å². The van der Waals surface area contributed by atoms with E-state index < -0.39 is 0 Å². The lowest BCUT2D eigenvalue weighted by atomic mass is 10.1. The molecule has 1 aliphatic rings. The van der Waals surface area contributed by atoms with Gasteiger partial charge in [0.05, 0.1) is 17.3 Å². The van der Waals surface area contributed by atoms with Crippen LogP contribution >= 0.6 is 11.6 Å². The minimum absolute atomic E-state index is 0.111. The monoisotopic (exact) mass is 346 g/mol. The first-order valence-electron chi connectivity index (χ1n) is 7.68. The fraction of sp³-hybridized carbons (Fsp3) is 0.333. The average Bonchev–Trinajstić information content (AvgIpc) is 3.20. The van der Waals surface area contributed by atoms with Crippen molar-refractivity contribution in [1.29, 1.82) is 0 Å². The highest BCUT2D eigenvalue weighted by Crippen LogP contribution is 2.21. The Morgan fingerprint density at radius 1 is 1.46 bits per heavy atom. The number of hydrogen-bond donors (Lipinski definition) is 1. The van der Waals surface area contributed by atoms with Gasteiger partial charge in [-0.1, -0.05) is 11.6 Å². The molecule has 0 unspecified atom stereocenters. The maximum atomic E-state index is 12.7. The molecule has 0 aromatic carbocycles. The number of aromatic nitrogens is 5. The molecule has 0 saturated carbocycles. The molecule has 9 heteroatoms. The average molecular weight is 347 g/mol. The number of H-pyrrole nitrogens is 1. The standard InChI is InChI=1S/C15H15ClN6O2/c1-2-21-7-10(16)13(19-21)15(24)20-6-4-9-11(8-20)18-12-3-5-17-22(12)14(9)23/h3,5,7,17H,2,4,6,8H2,1H3. The number of aromatic amines is 1. The van der Waals surface area contributed by atoms with Gasteiger partial charge in [-0.25, -0.2) is 9.50 Å². The second-order valence-corrected chi connectivity index (χ2v) is 6.06. The van der Waals surface area contributed by atoms with Crippen LogP contribution in [0.15, 0.2) is 23.3 Å². The summed E-state index contributed by atoms with van der Waals surface area (Å²) in [4.78, 5) is 31.3. The molecule has 3 aromatic rings. The Balaban J connectivity index is 1.68. The number of nitrogens with one attached hydrogen (secondary N) is 1. The lowest BCUT2D eigenvalue weighted by Gasteiger charge is -2.27. The van der Waals surface area contributed by atoms with Gasteiger partial charge >= 0.3 is 0 Å². The molecule has 4 rings (SSSR count). The molecule has 1 aliphatic heterocycles. The Morgan fingerprint density at radius 3 is 3.04 bits per heavy atom. The molecule has 1 amide bonds. The van der Waals surface area contributed by atoms with Gasteiger partial charge in [0.1, 0.15) is 0 Å². The molecule has 8 nitrogen and oxygen atoms in total. The summed E-state index contributed by atoms with van der Waals surface area (Å²) < 4.78 is 3.04. The van der Waals surface area contributed by atoms with E-state index in [2.05, 4.69) is 15.2 Å². The second kappa shape index (κ2) is 5.48. The van der Waals surface area contributed by atoms with E-state index in [1.807, 2.05) is 6.92 Å². The number of carbonyl (C=O) groups is 1. The zero-order valence-corrected chi connectivity index (χ0v) is 13.7. The molecule has 0 radical (unpaired) electrons. The zero-order chi connectivity index (χ0) is 16.8. The molecule has 0 bridgehead atoms. The predicted octanol–water partition coefficient (Wildman–Crippen LogP) is 1.09. The van der Waals surface area contributed by atoms with Crippen LogP contribution in [0.2, 0.25) is 5.02 Å². The predicted molar refractivity (Wildman–Crippen MR) is 87.2 cm³/mol. The van der Waals surface area contributed by atoms with Gasteiger partial charge in [0.15, 0.2) is 11.3 Å². The highest BCUT2D eigenvalue weighted by molar-refractivity contribution is 6.33. The Bertz CT molecular complexity index is 1000. The molecular formula is C15H15ClN6O2.